The molecule has 0 fully saturated rings. The highest BCUT2D eigenvalue weighted by Gasteiger charge is 2.16. The van der Waals surface area contributed by atoms with Crippen LogP contribution in [0.4, 0.5) is 5.95 Å². The first-order valence-electron chi connectivity index (χ1n) is 5.74. The summed E-state index contributed by atoms with van der Waals surface area (Å²) >= 11 is 0. The number of carbonyl (C=O) groups is 1. The first-order chi connectivity index (χ1) is 9.06. The second-order valence-electron chi connectivity index (χ2n) is 4.17. The van der Waals surface area contributed by atoms with Gasteiger partial charge in [0.1, 0.15) is 12.1 Å². The first-order valence-corrected chi connectivity index (χ1v) is 5.74. The van der Waals surface area contributed by atoms with Crippen molar-refractivity contribution in [2.75, 3.05) is 5.32 Å². The predicted molar refractivity (Wildman–Crippen MR) is 69.4 cm³/mol. The van der Waals surface area contributed by atoms with Crippen molar-refractivity contribution < 1.29 is 9.90 Å². The first kappa shape index (κ1) is 13.0. The second kappa shape index (κ2) is 5.49. The van der Waals surface area contributed by atoms with Crippen molar-refractivity contribution in [1.82, 2.24) is 14.8 Å². The Morgan fingerprint density at radius 1 is 1.47 bits per heavy atom. The number of hydrogen-bond donors (Lipinski definition) is 3. The molecule has 0 aliphatic carbocycles. The van der Waals surface area contributed by atoms with E-state index in [-0.39, 0.29) is 11.7 Å². The number of carbonyl (C=O) groups excluding carboxylic acids is 1. The molecule has 2 aromatic rings. The van der Waals surface area contributed by atoms with E-state index in [1.165, 1.54) is 11.0 Å². The molecule has 0 saturated carbocycles. The van der Waals surface area contributed by atoms with E-state index in [1.807, 2.05) is 0 Å². The molecule has 4 N–H and O–H groups in total. The molecule has 2 rings (SSSR count). The number of nitrogens with zero attached hydrogens (tertiary/aromatic N) is 3. The van der Waals surface area contributed by atoms with Crippen molar-refractivity contribution >= 4 is 11.9 Å². The van der Waals surface area contributed by atoms with E-state index < -0.39 is 6.04 Å². The Kier molecular flexibility index (Phi) is 3.76. The van der Waals surface area contributed by atoms with Gasteiger partial charge in [0, 0.05) is 7.05 Å². The van der Waals surface area contributed by atoms with Gasteiger partial charge in [-0.1, -0.05) is 12.1 Å². The summed E-state index contributed by atoms with van der Waals surface area (Å²) in [5, 5.41) is 15.6. The minimum absolute atomic E-state index is 0.181. The highest BCUT2D eigenvalue weighted by Crippen LogP contribution is 2.11. The number of hydrogen-bond acceptors (Lipinski definition) is 5. The van der Waals surface area contributed by atoms with E-state index in [9.17, 15) is 9.90 Å². The summed E-state index contributed by atoms with van der Waals surface area (Å²) in [4.78, 5) is 15.8. The lowest BCUT2D eigenvalue weighted by Crippen LogP contribution is -2.38. The van der Waals surface area contributed by atoms with E-state index >= 15 is 0 Å². The number of rotatable bonds is 4. The standard InChI is InChI=1S/C12H15N5O2/c1-17-12(14-7-15-17)16-11(19)10(13)6-8-2-4-9(18)5-3-8/h2-5,7,10,18H,6,13H2,1H3,(H,14,15,16,19)/t10-/m0/s1. The third-order valence-corrected chi connectivity index (χ3v) is 2.68. The van der Waals surface area contributed by atoms with Crippen LogP contribution >= 0.6 is 0 Å². The lowest BCUT2D eigenvalue weighted by atomic mass is 10.1. The number of phenols is 1. The molecule has 7 nitrogen and oxygen atoms in total. The fraction of sp³-hybridized carbons (Fsp3) is 0.250. The molecular formula is C12H15N5O2. The highest BCUT2D eigenvalue weighted by molar-refractivity contribution is 5.93. The fourth-order valence-corrected chi connectivity index (χ4v) is 1.59. The maximum Gasteiger partial charge on any atom is 0.243 e. The summed E-state index contributed by atoms with van der Waals surface area (Å²) in [7, 11) is 1.67. The van der Waals surface area contributed by atoms with Gasteiger partial charge in [0.15, 0.2) is 0 Å². The third kappa shape index (κ3) is 3.29. The molecule has 1 aromatic heterocycles. The molecule has 1 amide bonds. The number of aryl methyl sites for hydroxylation is 1. The smallest absolute Gasteiger partial charge is 0.243 e. The number of amides is 1. The summed E-state index contributed by atoms with van der Waals surface area (Å²) in [5.41, 5.74) is 6.70. The van der Waals surface area contributed by atoms with Crippen molar-refractivity contribution in [2.45, 2.75) is 12.5 Å². The van der Waals surface area contributed by atoms with Crippen LogP contribution in [0.2, 0.25) is 0 Å². The number of benzene rings is 1. The van der Waals surface area contributed by atoms with Crippen LogP contribution < -0.4 is 11.1 Å². The topological polar surface area (TPSA) is 106 Å². The molecule has 0 saturated heterocycles. The van der Waals surface area contributed by atoms with Crippen molar-refractivity contribution in [2.24, 2.45) is 12.8 Å². The van der Waals surface area contributed by atoms with Gasteiger partial charge in [-0.25, -0.2) is 4.68 Å². The molecule has 1 aromatic carbocycles. The van der Waals surface area contributed by atoms with Gasteiger partial charge in [-0.3, -0.25) is 10.1 Å². The molecule has 19 heavy (non-hydrogen) atoms. The van der Waals surface area contributed by atoms with Crippen molar-refractivity contribution in [3.8, 4) is 5.75 Å². The van der Waals surface area contributed by atoms with Gasteiger partial charge < -0.3 is 10.8 Å². The number of aromatic hydroxyl groups is 1. The van der Waals surface area contributed by atoms with Crippen LogP contribution in [-0.4, -0.2) is 31.8 Å². The summed E-state index contributed by atoms with van der Waals surface area (Å²) in [6.45, 7) is 0. The SMILES string of the molecule is Cn1ncnc1NC(=O)[C@@H](N)Cc1ccc(O)cc1. The Hall–Kier alpha value is -2.41. The Labute approximate surface area is 110 Å². The highest BCUT2D eigenvalue weighted by atomic mass is 16.3. The largest absolute Gasteiger partial charge is 0.508 e. The lowest BCUT2D eigenvalue weighted by molar-refractivity contribution is -0.117. The number of anilines is 1. The van der Waals surface area contributed by atoms with Crippen LogP contribution in [0.3, 0.4) is 0 Å². The van der Waals surface area contributed by atoms with E-state index in [2.05, 4.69) is 15.4 Å². The van der Waals surface area contributed by atoms with Crippen LogP contribution in [0.15, 0.2) is 30.6 Å². The zero-order valence-electron chi connectivity index (χ0n) is 10.4. The van der Waals surface area contributed by atoms with Crippen molar-refractivity contribution in [3.05, 3.63) is 36.2 Å². The molecule has 1 atom stereocenters. The molecular weight excluding hydrogens is 246 g/mol. The Balaban J connectivity index is 1.96. The molecule has 0 bridgehead atoms. The van der Waals surface area contributed by atoms with E-state index in [0.29, 0.717) is 12.4 Å². The molecule has 1 heterocycles. The van der Waals surface area contributed by atoms with Crippen LogP contribution in [0.25, 0.3) is 0 Å². The second-order valence-corrected chi connectivity index (χ2v) is 4.17. The minimum Gasteiger partial charge on any atom is -0.508 e. The zero-order valence-corrected chi connectivity index (χ0v) is 10.4. The molecule has 0 unspecified atom stereocenters. The zero-order chi connectivity index (χ0) is 13.8. The summed E-state index contributed by atoms with van der Waals surface area (Å²) in [6, 6.07) is 5.88. The van der Waals surface area contributed by atoms with Crippen molar-refractivity contribution in [1.29, 1.82) is 0 Å². The quantitative estimate of drug-likeness (QED) is 0.720. The maximum atomic E-state index is 11.9. The van der Waals surface area contributed by atoms with Crippen LogP contribution in [0.5, 0.6) is 5.75 Å². The summed E-state index contributed by atoms with van der Waals surface area (Å²) in [5.74, 6) is 0.205. The van der Waals surface area contributed by atoms with Crippen LogP contribution in [0.1, 0.15) is 5.56 Å². The number of aromatic nitrogens is 3. The third-order valence-electron chi connectivity index (χ3n) is 2.68. The Bertz CT molecular complexity index is 564. The monoisotopic (exact) mass is 261 g/mol. The maximum absolute atomic E-state index is 11.9. The van der Waals surface area contributed by atoms with Gasteiger partial charge >= 0.3 is 0 Å². The molecule has 7 heteroatoms. The molecule has 0 aliphatic heterocycles. The lowest BCUT2D eigenvalue weighted by Gasteiger charge is -2.11. The van der Waals surface area contributed by atoms with Gasteiger partial charge in [-0.05, 0) is 24.1 Å². The van der Waals surface area contributed by atoms with Gasteiger partial charge in [0.05, 0.1) is 6.04 Å². The van der Waals surface area contributed by atoms with Gasteiger partial charge in [0.2, 0.25) is 11.9 Å². The fourth-order valence-electron chi connectivity index (χ4n) is 1.59. The Morgan fingerprint density at radius 3 is 2.74 bits per heavy atom. The Morgan fingerprint density at radius 2 is 2.16 bits per heavy atom. The number of phenolic OH excluding ortho intramolecular Hbond substituents is 1. The minimum atomic E-state index is -0.693. The summed E-state index contributed by atoms with van der Waals surface area (Å²) < 4.78 is 1.45. The average Bonchev–Trinajstić information content (AvgIpc) is 2.78. The van der Waals surface area contributed by atoms with Crippen LogP contribution in [-0.2, 0) is 18.3 Å². The van der Waals surface area contributed by atoms with Gasteiger partial charge in [0.25, 0.3) is 0 Å². The number of nitrogens with one attached hydrogen (secondary N) is 1. The average molecular weight is 261 g/mol. The van der Waals surface area contributed by atoms with Crippen LogP contribution in [0, 0.1) is 0 Å². The summed E-state index contributed by atoms with van der Waals surface area (Å²) in [6.07, 6.45) is 1.73. The predicted octanol–water partition coefficient (Wildman–Crippen LogP) is 0.0292. The normalized spacial score (nSPS) is 12.1. The van der Waals surface area contributed by atoms with Crippen molar-refractivity contribution in [3.63, 3.8) is 0 Å². The van der Waals surface area contributed by atoms with Gasteiger partial charge in [-0.2, -0.15) is 10.1 Å². The molecule has 100 valence electrons. The molecule has 0 spiro atoms. The molecule has 0 radical (unpaired) electrons. The number of nitrogens with two attached hydrogens (primary N) is 1. The molecule has 0 aliphatic rings. The van der Waals surface area contributed by atoms with E-state index in [0.717, 1.165) is 5.56 Å². The van der Waals surface area contributed by atoms with E-state index in [4.69, 9.17) is 5.73 Å². The van der Waals surface area contributed by atoms with Gasteiger partial charge in [-0.15, -0.1) is 0 Å². The van der Waals surface area contributed by atoms with E-state index in [1.54, 1.807) is 31.3 Å².